The molecule has 0 radical (unpaired) electrons. The highest BCUT2D eigenvalue weighted by atomic mass is 32.1. The molecule has 5 rings (SSSR count). The van der Waals surface area contributed by atoms with Crippen molar-refractivity contribution >= 4 is 34.3 Å². The van der Waals surface area contributed by atoms with Crippen molar-refractivity contribution in [3.63, 3.8) is 0 Å². The second-order valence-electron chi connectivity index (χ2n) is 10.5. The van der Waals surface area contributed by atoms with E-state index in [-0.39, 0.29) is 0 Å². The Hall–Kier alpha value is -3.59. The van der Waals surface area contributed by atoms with Gasteiger partial charge in [-0.3, -0.25) is 4.90 Å². The van der Waals surface area contributed by atoms with E-state index < -0.39 is 11.6 Å². The molecule has 2 N–H and O–H groups in total. The van der Waals surface area contributed by atoms with Crippen molar-refractivity contribution in [3.8, 4) is 16.2 Å². The summed E-state index contributed by atoms with van der Waals surface area (Å²) < 4.78 is 7.57. The largest absolute Gasteiger partial charge is 0.497 e. The molecule has 37 heavy (non-hydrogen) atoms. The first-order chi connectivity index (χ1) is 17.7. The smallest absolute Gasteiger partial charge is 0.408 e. The summed E-state index contributed by atoms with van der Waals surface area (Å²) in [6.07, 6.45) is 6.45. The van der Waals surface area contributed by atoms with Gasteiger partial charge in [-0.25, -0.2) is 14.8 Å². The van der Waals surface area contributed by atoms with Gasteiger partial charge in [0.05, 0.1) is 19.0 Å². The number of amides is 1. The Kier molecular flexibility index (Phi) is 6.81. The maximum absolute atomic E-state index is 11.9. The SMILES string of the molecule is COc1ccc(CNc2ncnc3c2c(-c2ccc(CN(C(=O)O)C(C)(C)C)s2)cn3C2CCC2)cc1. The predicted molar refractivity (Wildman–Crippen MR) is 147 cm³/mol. The average Bonchev–Trinajstić information content (AvgIpc) is 3.45. The molecular formula is C28H33N5O3S. The molecular weight excluding hydrogens is 486 g/mol. The van der Waals surface area contributed by atoms with Crippen LogP contribution in [0.1, 0.15) is 56.5 Å². The first-order valence-electron chi connectivity index (χ1n) is 12.6. The van der Waals surface area contributed by atoms with E-state index in [1.165, 1.54) is 11.3 Å². The van der Waals surface area contributed by atoms with E-state index in [4.69, 9.17) is 9.72 Å². The maximum atomic E-state index is 11.9. The zero-order valence-corrected chi connectivity index (χ0v) is 22.5. The third kappa shape index (κ3) is 5.13. The van der Waals surface area contributed by atoms with Crippen LogP contribution in [0.5, 0.6) is 5.75 Å². The number of nitrogens with one attached hydrogen (secondary N) is 1. The summed E-state index contributed by atoms with van der Waals surface area (Å²) >= 11 is 1.63. The van der Waals surface area contributed by atoms with Crippen molar-refractivity contribution in [2.75, 3.05) is 12.4 Å². The Bertz CT molecular complexity index is 1400. The Labute approximate surface area is 220 Å². The molecule has 1 fully saturated rings. The molecule has 0 atom stereocenters. The van der Waals surface area contributed by atoms with Crippen molar-refractivity contribution in [3.05, 3.63) is 59.4 Å². The molecule has 3 heterocycles. The van der Waals surface area contributed by atoms with E-state index in [0.29, 0.717) is 19.1 Å². The van der Waals surface area contributed by atoms with Gasteiger partial charge in [-0.1, -0.05) is 12.1 Å². The topological polar surface area (TPSA) is 92.5 Å². The summed E-state index contributed by atoms with van der Waals surface area (Å²) in [4.78, 5) is 24.8. The summed E-state index contributed by atoms with van der Waals surface area (Å²) in [6.45, 7) is 6.72. The van der Waals surface area contributed by atoms with E-state index in [0.717, 1.165) is 56.3 Å². The fraction of sp³-hybridized carbons (Fsp3) is 0.393. The van der Waals surface area contributed by atoms with Gasteiger partial charge < -0.3 is 19.7 Å². The number of carbonyl (C=O) groups is 1. The molecule has 3 aromatic heterocycles. The van der Waals surface area contributed by atoms with Crippen LogP contribution in [0.4, 0.5) is 10.6 Å². The molecule has 1 aliphatic carbocycles. The number of benzene rings is 1. The van der Waals surface area contributed by atoms with Crippen LogP contribution >= 0.6 is 11.3 Å². The van der Waals surface area contributed by atoms with Crippen LogP contribution < -0.4 is 10.1 Å². The minimum Gasteiger partial charge on any atom is -0.497 e. The van der Waals surface area contributed by atoms with Crippen LogP contribution in [0.2, 0.25) is 0 Å². The normalized spacial score (nSPS) is 13.9. The quantitative estimate of drug-likeness (QED) is 0.266. The number of anilines is 1. The van der Waals surface area contributed by atoms with Crippen LogP contribution in [0.25, 0.3) is 21.5 Å². The minimum atomic E-state index is -0.914. The molecule has 9 heteroatoms. The van der Waals surface area contributed by atoms with E-state index in [1.807, 2.05) is 51.1 Å². The molecule has 1 amide bonds. The zero-order chi connectivity index (χ0) is 26.2. The van der Waals surface area contributed by atoms with E-state index in [9.17, 15) is 9.90 Å². The molecule has 0 saturated heterocycles. The fourth-order valence-corrected chi connectivity index (χ4v) is 5.65. The van der Waals surface area contributed by atoms with Gasteiger partial charge in [0.1, 0.15) is 23.5 Å². The molecule has 1 aromatic carbocycles. The van der Waals surface area contributed by atoms with Gasteiger partial charge in [-0.05, 0) is 69.9 Å². The first kappa shape index (κ1) is 25.1. The van der Waals surface area contributed by atoms with Gasteiger partial charge in [0.2, 0.25) is 0 Å². The van der Waals surface area contributed by atoms with Gasteiger partial charge >= 0.3 is 6.09 Å². The van der Waals surface area contributed by atoms with Gasteiger partial charge in [-0.2, -0.15) is 0 Å². The van der Waals surface area contributed by atoms with Crippen molar-refractivity contribution < 1.29 is 14.6 Å². The van der Waals surface area contributed by atoms with E-state index in [2.05, 4.69) is 27.1 Å². The number of methoxy groups -OCH3 is 1. The molecule has 0 bridgehead atoms. The highest BCUT2D eigenvalue weighted by Gasteiger charge is 2.28. The molecule has 0 unspecified atom stereocenters. The predicted octanol–water partition coefficient (Wildman–Crippen LogP) is 6.78. The summed E-state index contributed by atoms with van der Waals surface area (Å²) in [5.41, 5.74) is 2.65. The second kappa shape index (κ2) is 10.0. The molecule has 8 nitrogen and oxygen atoms in total. The summed E-state index contributed by atoms with van der Waals surface area (Å²) in [6, 6.07) is 12.6. The van der Waals surface area contributed by atoms with Crippen LogP contribution in [0.15, 0.2) is 48.9 Å². The van der Waals surface area contributed by atoms with Crippen LogP contribution in [-0.4, -0.2) is 43.3 Å². The number of nitrogens with zero attached hydrogens (tertiary/aromatic N) is 4. The Morgan fingerprint density at radius 2 is 1.95 bits per heavy atom. The number of thiophene rings is 1. The molecule has 194 valence electrons. The minimum absolute atomic E-state index is 0.351. The summed E-state index contributed by atoms with van der Waals surface area (Å²) in [5, 5.41) is 14.3. The summed E-state index contributed by atoms with van der Waals surface area (Å²) in [7, 11) is 1.66. The number of aromatic nitrogens is 3. The molecule has 1 saturated carbocycles. The molecule has 4 aromatic rings. The third-order valence-electron chi connectivity index (χ3n) is 6.98. The lowest BCUT2D eigenvalue weighted by molar-refractivity contribution is 0.0962. The maximum Gasteiger partial charge on any atom is 0.408 e. The fourth-order valence-electron chi connectivity index (χ4n) is 4.63. The first-order valence-corrected chi connectivity index (χ1v) is 13.4. The monoisotopic (exact) mass is 519 g/mol. The third-order valence-corrected chi connectivity index (χ3v) is 8.08. The Morgan fingerprint density at radius 1 is 1.19 bits per heavy atom. The highest BCUT2D eigenvalue weighted by molar-refractivity contribution is 7.15. The van der Waals surface area contributed by atoms with Gasteiger partial charge in [-0.15, -0.1) is 11.3 Å². The second-order valence-corrected chi connectivity index (χ2v) is 11.6. The summed E-state index contributed by atoms with van der Waals surface area (Å²) in [5.74, 6) is 1.63. The number of hydrogen-bond donors (Lipinski definition) is 2. The van der Waals surface area contributed by atoms with Crippen LogP contribution in [0, 0.1) is 0 Å². The zero-order valence-electron chi connectivity index (χ0n) is 21.7. The van der Waals surface area contributed by atoms with E-state index in [1.54, 1.807) is 24.8 Å². The number of rotatable bonds is 8. The van der Waals surface area contributed by atoms with Gasteiger partial charge in [0.15, 0.2) is 0 Å². The lowest BCUT2D eigenvalue weighted by Crippen LogP contribution is -2.44. The van der Waals surface area contributed by atoms with Crippen molar-refractivity contribution in [1.29, 1.82) is 0 Å². The Morgan fingerprint density at radius 3 is 2.57 bits per heavy atom. The lowest BCUT2D eigenvalue weighted by atomic mass is 9.93. The molecule has 1 aliphatic rings. The average molecular weight is 520 g/mol. The van der Waals surface area contributed by atoms with Crippen molar-refractivity contribution in [2.24, 2.45) is 0 Å². The van der Waals surface area contributed by atoms with Crippen LogP contribution in [0.3, 0.4) is 0 Å². The van der Waals surface area contributed by atoms with Crippen molar-refractivity contribution in [2.45, 2.75) is 64.7 Å². The lowest BCUT2D eigenvalue weighted by Gasteiger charge is -2.32. The number of hydrogen-bond acceptors (Lipinski definition) is 6. The highest BCUT2D eigenvalue weighted by Crippen LogP contribution is 2.42. The number of ether oxygens (including phenoxy) is 1. The van der Waals surface area contributed by atoms with Crippen molar-refractivity contribution in [1.82, 2.24) is 19.4 Å². The molecule has 0 spiro atoms. The van der Waals surface area contributed by atoms with Gasteiger partial charge in [0, 0.05) is 39.6 Å². The number of carboxylic acid groups (broad SMARTS) is 1. The van der Waals surface area contributed by atoms with Crippen LogP contribution in [-0.2, 0) is 13.1 Å². The Balaban J connectivity index is 1.50. The standard InChI is InChI=1S/C28H33N5O3S/c1-28(2,3)33(27(34)35)15-21-12-13-23(37-21)22-16-32(19-6-5-7-19)26-24(22)25(30-17-31-26)29-14-18-8-10-20(36-4)11-9-18/h8-13,16-17,19H,5-7,14-15H2,1-4H3,(H,34,35)(H,29,30,31). The number of fused-ring (bicyclic) bond motifs is 1. The van der Waals surface area contributed by atoms with Gasteiger partial charge in [0.25, 0.3) is 0 Å². The molecule has 0 aliphatic heterocycles. The van der Waals surface area contributed by atoms with E-state index >= 15 is 0 Å².